The molecule has 0 aliphatic heterocycles. The predicted octanol–water partition coefficient (Wildman–Crippen LogP) is 8.03. The maximum atomic E-state index is 12.5. The highest BCUT2D eigenvalue weighted by Gasteiger charge is 2.15. The van der Waals surface area contributed by atoms with E-state index in [4.69, 9.17) is 51.1 Å². The van der Waals surface area contributed by atoms with Gasteiger partial charge in [-0.2, -0.15) is 5.26 Å². The molecular weight excluding hydrogens is 605 g/mol. The summed E-state index contributed by atoms with van der Waals surface area (Å²) in [4.78, 5) is 12.5. The summed E-state index contributed by atoms with van der Waals surface area (Å²) in [6, 6.07) is 17.6. The van der Waals surface area contributed by atoms with E-state index in [9.17, 15) is 10.1 Å². The first-order chi connectivity index (χ1) is 15.3. The van der Waals surface area contributed by atoms with Gasteiger partial charge >= 0.3 is 0 Å². The monoisotopic (exact) mass is 616 g/mol. The Bertz CT molecular complexity index is 1210. The molecule has 162 valence electrons. The van der Waals surface area contributed by atoms with E-state index in [1.54, 1.807) is 30.3 Å². The molecule has 0 saturated carbocycles. The molecule has 0 atom stereocenters. The number of anilines is 1. The van der Waals surface area contributed by atoms with Crippen molar-refractivity contribution in [1.82, 2.24) is 0 Å². The first-order valence-electron chi connectivity index (χ1n) is 9.02. The van der Waals surface area contributed by atoms with Crippen LogP contribution in [0.1, 0.15) is 11.1 Å². The van der Waals surface area contributed by atoms with Crippen molar-refractivity contribution >= 4 is 86.7 Å². The lowest BCUT2D eigenvalue weighted by molar-refractivity contribution is -0.112. The topological polar surface area (TPSA) is 62.1 Å². The average molecular weight is 618 g/mol. The van der Waals surface area contributed by atoms with Gasteiger partial charge in [-0.3, -0.25) is 4.79 Å². The van der Waals surface area contributed by atoms with Crippen LogP contribution in [-0.4, -0.2) is 5.91 Å². The minimum Gasteiger partial charge on any atom is -0.486 e. The van der Waals surface area contributed by atoms with E-state index in [1.165, 1.54) is 6.08 Å². The average Bonchev–Trinajstić information content (AvgIpc) is 2.76. The number of amides is 1. The number of benzene rings is 3. The summed E-state index contributed by atoms with van der Waals surface area (Å²) < 4.78 is 6.89. The standard InChI is InChI=1S/C23H13Cl4IN2O2/c24-17-2-1-3-20(21(17)27)30-23(31)15(11-29)8-14-9-18(25)22(19(26)10-14)32-12-13-4-6-16(28)7-5-13/h1-10H,12H2,(H,30,31)/b15-8-. The number of hydrogen-bond donors (Lipinski definition) is 1. The lowest BCUT2D eigenvalue weighted by atomic mass is 10.1. The Labute approximate surface area is 218 Å². The fourth-order valence-electron chi connectivity index (χ4n) is 2.64. The van der Waals surface area contributed by atoms with Gasteiger partial charge in [0.15, 0.2) is 5.75 Å². The minimum absolute atomic E-state index is 0.166. The van der Waals surface area contributed by atoms with E-state index in [2.05, 4.69) is 27.9 Å². The molecule has 3 aromatic rings. The molecule has 0 heterocycles. The van der Waals surface area contributed by atoms with Crippen molar-refractivity contribution in [3.63, 3.8) is 0 Å². The van der Waals surface area contributed by atoms with E-state index in [-0.39, 0.29) is 32.3 Å². The van der Waals surface area contributed by atoms with Crippen LogP contribution in [0.5, 0.6) is 5.75 Å². The van der Waals surface area contributed by atoms with Gasteiger partial charge in [0.05, 0.1) is 25.8 Å². The summed E-state index contributed by atoms with van der Waals surface area (Å²) in [5.41, 5.74) is 1.55. The summed E-state index contributed by atoms with van der Waals surface area (Å²) in [7, 11) is 0. The van der Waals surface area contributed by atoms with Crippen molar-refractivity contribution in [1.29, 1.82) is 5.26 Å². The van der Waals surface area contributed by atoms with Crippen molar-refractivity contribution in [3.05, 3.63) is 95.0 Å². The number of hydrogen-bond acceptors (Lipinski definition) is 3. The third-order valence-electron chi connectivity index (χ3n) is 4.19. The molecule has 4 nitrogen and oxygen atoms in total. The second-order valence-corrected chi connectivity index (χ2v) is 9.30. The highest BCUT2D eigenvalue weighted by atomic mass is 127. The summed E-state index contributed by atoms with van der Waals surface area (Å²) in [6.45, 7) is 0.289. The molecule has 0 fully saturated rings. The molecule has 0 saturated heterocycles. The molecule has 3 aromatic carbocycles. The van der Waals surface area contributed by atoms with Gasteiger partial charge in [0.2, 0.25) is 0 Å². The van der Waals surface area contributed by atoms with Crippen LogP contribution in [0.3, 0.4) is 0 Å². The number of rotatable bonds is 6. The fraction of sp³-hybridized carbons (Fsp3) is 0.0435. The quantitative estimate of drug-likeness (QED) is 0.173. The van der Waals surface area contributed by atoms with E-state index < -0.39 is 5.91 Å². The summed E-state index contributed by atoms with van der Waals surface area (Å²) in [6.07, 6.45) is 1.37. The zero-order valence-electron chi connectivity index (χ0n) is 16.1. The Morgan fingerprint density at radius 3 is 2.31 bits per heavy atom. The molecule has 0 unspecified atom stereocenters. The van der Waals surface area contributed by atoms with Crippen LogP contribution in [0.15, 0.2) is 60.2 Å². The van der Waals surface area contributed by atoms with Crippen LogP contribution in [0.4, 0.5) is 5.69 Å². The van der Waals surface area contributed by atoms with Crippen molar-refractivity contribution in [2.45, 2.75) is 6.61 Å². The number of halogens is 5. The molecule has 0 radical (unpaired) electrons. The van der Waals surface area contributed by atoms with Gasteiger partial charge in [0.25, 0.3) is 5.91 Å². The molecule has 1 N–H and O–H groups in total. The maximum absolute atomic E-state index is 12.5. The zero-order chi connectivity index (χ0) is 23.3. The molecular formula is C23H13Cl4IN2O2. The number of ether oxygens (including phenoxy) is 1. The van der Waals surface area contributed by atoms with Gasteiger partial charge in [0, 0.05) is 3.57 Å². The van der Waals surface area contributed by atoms with Crippen LogP contribution < -0.4 is 10.1 Å². The zero-order valence-corrected chi connectivity index (χ0v) is 21.3. The first-order valence-corrected chi connectivity index (χ1v) is 11.6. The third kappa shape index (κ3) is 6.31. The number of carbonyl (C=O) groups excluding carboxylic acids is 1. The van der Waals surface area contributed by atoms with Crippen LogP contribution in [-0.2, 0) is 11.4 Å². The Kier molecular flexibility index (Phi) is 8.69. The molecule has 3 rings (SSSR count). The van der Waals surface area contributed by atoms with Crippen LogP contribution in [0.2, 0.25) is 20.1 Å². The SMILES string of the molecule is N#C/C(=C/c1cc(Cl)c(OCc2ccc(I)cc2)c(Cl)c1)C(=O)Nc1cccc(Cl)c1Cl. The van der Waals surface area contributed by atoms with Gasteiger partial charge in [-0.25, -0.2) is 0 Å². The van der Waals surface area contributed by atoms with E-state index in [0.29, 0.717) is 17.0 Å². The summed E-state index contributed by atoms with van der Waals surface area (Å²) in [5, 5.41) is 13.0. The number of nitriles is 1. The summed E-state index contributed by atoms with van der Waals surface area (Å²) in [5.74, 6) is -0.333. The Hall–Kier alpha value is -1.95. The van der Waals surface area contributed by atoms with Crippen molar-refractivity contribution in [3.8, 4) is 11.8 Å². The molecule has 9 heteroatoms. The van der Waals surface area contributed by atoms with Crippen molar-refractivity contribution < 1.29 is 9.53 Å². The molecule has 32 heavy (non-hydrogen) atoms. The molecule has 1 amide bonds. The van der Waals surface area contributed by atoms with Crippen LogP contribution in [0.25, 0.3) is 6.08 Å². The smallest absolute Gasteiger partial charge is 0.266 e. The van der Waals surface area contributed by atoms with Gasteiger partial charge < -0.3 is 10.1 Å². The number of nitrogens with one attached hydrogen (secondary N) is 1. The van der Waals surface area contributed by atoms with Crippen LogP contribution in [0, 0.1) is 14.9 Å². The molecule has 0 aromatic heterocycles. The fourth-order valence-corrected chi connectivity index (χ4v) is 3.96. The van der Waals surface area contributed by atoms with E-state index in [0.717, 1.165) is 9.13 Å². The third-order valence-corrected chi connectivity index (χ3v) is 6.29. The highest BCUT2D eigenvalue weighted by Crippen LogP contribution is 2.36. The Balaban J connectivity index is 1.78. The normalized spacial score (nSPS) is 11.1. The van der Waals surface area contributed by atoms with Gasteiger partial charge in [0.1, 0.15) is 18.2 Å². The lowest BCUT2D eigenvalue weighted by Crippen LogP contribution is -2.13. The lowest BCUT2D eigenvalue weighted by Gasteiger charge is -2.11. The second-order valence-electron chi connectivity index (χ2n) is 6.45. The van der Waals surface area contributed by atoms with Crippen LogP contribution >= 0.6 is 69.0 Å². The Morgan fingerprint density at radius 1 is 1.03 bits per heavy atom. The van der Waals surface area contributed by atoms with Crippen molar-refractivity contribution in [2.75, 3.05) is 5.32 Å². The molecule has 0 aliphatic carbocycles. The minimum atomic E-state index is -0.650. The number of carbonyl (C=O) groups is 1. The maximum Gasteiger partial charge on any atom is 0.266 e. The first kappa shape index (κ1) is 24.7. The molecule has 0 bridgehead atoms. The Morgan fingerprint density at radius 2 is 1.69 bits per heavy atom. The van der Waals surface area contributed by atoms with Gasteiger partial charge in [-0.1, -0.05) is 64.6 Å². The second kappa shape index (κ2) is 11.3. The van der Waals surface area contributed by atoms with E-state index >= 15 is 0 Å². The molecule has 0 aliphatic rings. The van der Waals surface area contributed by atoms with E-state index in [1.807, 2.05) is 30.3 Å². The highest BCUT2D eigenvalue weighted by molar-refractivity contribution is 14.1. The number of nitrogens with zero attached hydrogens (tertiary/aromatic N) is 1. The predicted molar refractivity (Wildman–Crippen MR) is 139 cm³/mol. The summed E-state index contributed by atoms with van der Waals surface area (Å²) >= 11 is 27.0. The van der Waals surface area contributed by atoms with Crippen molar-refractivity contribution in [2.24, 2.45) is 0 Å². The largest absolute Gasteiger partial charge is 0.486 e. The van der Waals surface area contributed by atoms with Gasteiger partial charge in [-0.05, 0) is 76.2 Å². The van der Waals surface area contributed by atoms with Gasteiger partial charge in [-0.15, -0.1) is 0 Å². The molecule has 0 spiro atoms.